The van der Waals surface area contributed by atoms with Gasteiger partial charge in [0.05, 0.1) is 11.3 Å². The van der Waals surface area contributed by atoms with Crippen LogP contribution in [0.2, 0.25) is 0 Å². The molecule has 2 aromatic carbocycles. The normalized spacial score (nSPS) is 16.6. The highest BCUT2D eigenvalue weighted by molar-refractivity contribution is 6.16. The van der Waals surface area contributed by atoms with Crippen LogP contribution in [0.15, 0.2) is 53.1 Å². The molecule has 162 valence electrons. The Morgan fingerprint density at radius 3 is 2.59 bits per heavy atom. The number of anilines is 1. The number of amides is 3. The third-order valence-corrected chi connectivity index (χ3v) is 5.69. The first-order valence-corrected chi connectivity index (χ1v) is 10.4. The molecule has 0 radical (unpaired) electrons. The molecule has 32 heavy (non-hydrogen) atoms. The van der Waals surface area contributed by atoms with Gasteiger partial charge in [-0.25, -0.2) is 0 Å². The van der Waals surface area contributed by atoms with E-state index in [1.54, 1.807) is 41.0 Å². The van der Waals surface area contributed by atoms with Crippen LogP contribution >= 0.6 is 0 Å². The highest BCUT2D eigenvalue weighted by Crippen LogP contribution is 2.45. The van der Waals surface area contributed by atoms with Gasteiger partial charge in [-0.1, -0.05) is 35.5 Å². The molecule has 0 spiro atoms. The van der Waals surface area contributed by atoms with Crippen LogP contribution in [0.4, 0.5) is 5.69 Å². The van der Waals surface area contributed by atoms with Crippen LogP contribution < -0.4 is 10.2 Å². The lowest BCUT2D eigenvalue weighted by molar-refractivity contribution is -0.121. The molecule has 3 amide bonds. The number of hydrogen-bond acceptors (Lipinski definition) is 6. The van der Waals surface area contributed by atoms with Gasteiger partial charge < -0.3 is 14.7 Å². The number of benzene rings is 2. The summed E-state index contributed by atoms with van der Waals surface area (Å²) in [7, 11) is 0. The number of rotatable bonds is 6. The highest BCUT2D eigenvalue weighted by atomic mass is 16.5. The van der Waals surface area contributed by atoms with Gasteiger partial charge in [0, 0.05) is 37.1 Å². The van der Waals surface area contributed by atoms with Crippen LogP contribution in [0.3, 0.4) is 0 Å². The zero-order valence-electron chi connectivity index (χ0n) is 17.4. The quantitative estimate of drug-likeness (QED) is 0.641. The van der Waals surface area contributed by atoms with Crippen molar-refractivity contribution in [2.45, 2.75) is 25.9 Å². The molecule has 3 heterocycles. The standard InChI is InChI=1S/C23H21N5O4/c1-14-25-20(32-26-14)10-12-24-19(29)11-13-27-21-15-6-2-3-7-16(15)23(31)28(21)18-9-5-4-8-17(18)22(27)30/h2-9,21H,10-13H2,1H3,(H,24,29). The van der Waals surface area contributed by atoms with Crippen LogP contribution in [0.5, 0.6) is 0 Å². The van der Waals surface area contributed by atoms with Crippen molar-refractivity contribution < 1.29 is 18.9 Å². The fourth-order valence-electron chi connectivity index (χ4n) is 4.26. The molecule has 9 nitrogen and oxygen atoms in total. The second kappa shape index (κ2) is 7.92. The molecule has 0 aliphatic carbocycles. The molecule has 1 N–H and O–H groups in total. The molecule has 5 rings (SSSR count). The monoisotopic (exact) mass is 431 g/mol. The average Bonchev–Trinajstić information content (AvgIpc) is 3.35. The third-order valence-electron chi connectivity index (χ3n) is 5.69. The van der Waals surface area contributed by atoms with Gasteiger partial charge in [0.25, 0.3) is 11.8 Å². The van der Waals surface area contributed by atoms with Crippen LogP contribution in [0.25, 0.3) is 0 Å². The van der Waals surface area contributed by atoms with Crippen molar-refractivity contribution in [1.29, 1.82) is 0 Å². The zero-order valence-corrected chi connectivity index (χ0v) is 17.4. The summed E-state index contributed by atoms with van der Waals surface area (Å²) in [6.45, 7) is 2.27. The molecule has 1 atom stereocenters. The lowest BCUT2D eigenvalue weighted by Crippen LogP contribution is -2.49. The Balaban J connectivity index is 1.33. The van der Waals surface area contributed by atoms with E-state index in [9.17, 15) is 14.4 Å². The SMILES string of the molecule is Cc1noc(CCNC(=O)CCN2C(=O)c3ccccc3N3C(=O)c4ccccc4C23)n1. The molecule has 2 aliphatic rings. The minimum atomic E-state index is -0.560. The summed E-state index contributed by atoms with van der Waals surface area (Å²) in [4.78, 5) is 46.3. The van der Waals surface area contributed by atoms with Gasteiger partial charge >= 0.3 is 0 Å². The predicted octanol–water partition coefficient (Wildman–Crippen LogP) is 2.24. The van der Waals surface area contributed by atoms with Crippen molar-refractivity contribution in [3.63, 3.8) is 0 Å². The molecule has 0 bridgehead atoms. The number of para-hydroxylation sites is 1. The molecular weight excluding hydrogens is 410 g/mol. The van der Waals surface area contributed by atoms with Crippen LogP contribution in [-0.2, 0) is 11.2 Å². The van der Waals surface area contributed by atoms with E-state index in [1.165, 1.54) is 0 Å². The van der Waals surface area contributed by atoms with E-state index in [0.29, 0.717) is 41.5 Å². The second-order valence-corrected chi connectivity index (χ2v) is 7.74. The van der Waals surface area contributed by atoms with Crippen molar-refractivity contribution in [3.8, 4) is 0 Å². The number of nitrogens with zero attached hydrogens (tertiary/aromatic N) is 4. The van der Waals surface area contributed by atoms with E-state index < -0.39 is 6.17 Å². The van der Waals surface area contributed by atoms with E-state index in [2.05, 4.69) is 15.5 Å². The van der Waals surface area contributed by atoms with Gasteiger partial charge in [-0.2, -0.15) is 4.98 Å². The van der Waals surface area contributed by atoms with Gasteiger partial charge in [-0.15, -0.1) is 0 Å². The number of aryl methyl sites for hydroxylation is 1. The summed E-state index contributed by atoms with van der Waals surface area (Å²) < 4.78 is 5.04. The van der Waals surface area contributed by atoms with Gasteiger partial charge in [0.1, 0.15) is 6.17 Å². The van der Waals surface area contributed by atoms with Crippen LogP contribution in [-0.4, -0.2) is 45.9 Å². The maximum atomic E-state index is 13.3. The summed E-state index contributed by atoms with van der Waals surface area (Å²) >= 11 is 0. The minimum absolute atomic E-state index is 0.109. The molecule has 0 saturated heterocycles. The molecule has 3 aromatic rings. The minimum Gasteiger partial charge on any atom is -0.356 e. The Bertz CT molecular complexity index is 1220. The van der Waals surface area contributed by atoms with Crippen molar-refractivity contribution in [3.05, 3.63) is 76.9 Å². The van der Waals surface area contributed by atoms with E-state index in [1.807, 2.05) is 24.3 Å². The molecular formula is C23H21N5O4. The fraction of sp³-hybridized carbons (Fsp3) is 0.261. The zero-order chi connectivity index (χ0) is 22.2. The number of hydrogen-bond donors (Lipinski definition) is 1. The number of carbonyl (C=O) groups is 3. The Morgan fingerprint density at radius 1 is 1.06 bits per heavy atom. The molecule has 9 heteroatoms. The molecule has 1 aromatic heterocycles. The van der Waals surface area contributed by atoms with Crippen LogP contribution in [0, 0.1) is 6.92 Å². The maximum absolute atomic E-state index is 13.3. The Kier molecular flexibility index (Phi) is 4.93. The van der Waals surface area contributed by atoms with Crippen molar-refractivity contribution >= 4 is 23.4 Å². The average molecular weight is 431 g/mol. The Morgan fingerprint density at radius 2 is 1.81 bits per heavy atom. The van der Waals surface area contributed by atoms with Gasteiger partial charge in [0.2, 0.25) is 11.8 Å². The third kappa shape index (κ3) is 3.31. The van der Waals surface area contributed by atoms with Gasteiger partial charge in [0.15, 0.2) is 5.82 Å². The largest absolute Gasteiger partial charge is 0.356 e. The number of aromatic nitrogens is 2. The molecule has 2 aliphatic heterocycles. The summed E-state index contributed by atoms with van der Waals surface area (Å²) in [6, 6.07) is 14.4. The van der Waals surface area contributed by atoms with Crippen molar-refractivity contribution in [1.82, 2.24) is 20.4 Å². The highest BCUT2D eigenvalue weighted by Gasteiger charge is 2.47. The molecule has 0 saturated carbocycles. The van der Waals surface area contributed by atoms with Crippen LogP contribution in [0.1, 0.15) is 50.6 Å². The topological polar surface area (TPSA) is 109 Å². The molecule has 0 fully saturated rings. The number of carbonyl (C=O) groups excluding carboxylic acids is 3. The Labute approximate surface area is 184 Å². The molecule has 1 unspecified atom stereocenters. The lowest BCUT2D eigenvalue weighted by atomic mass is 10.0. The predicted molar refractivity (Wildman–Crippen MR) is 114 cm³/mol. The second-order valence-electron chi connectivity index (χ2n) is 7.74. The smallest absolute Gasteiger partial charge is 0.260 e. The van der Waals surface area contributed by atoms with Crippen molar-refractivity contribution in [2.24, 2.45) is 0 Å². The number of nitrogens with one attached hydrogen (secondary N) is 1. The van der Waals surface area contributed by atoms with E-state index in [-0.39, 0.29) is 30.7 Å². The van der Waals surface area contributed by atoms with E-state index in [4.69, 9.17) is 4.52 Å². The first-order chi connectivity index (χ1) is 15.5. The van der Waals surface area contributed by atoms with Gasteiger partial charge in [-0.3, -0.25) is 19.3 Å². The lowest BCUT2D eigenvalue weighted by Gasteiger charge is -2.40. The Hall–Kier alpha value is -4.01. The first-order valence-electron chi connectivity index (χ1n) is 10.4. The first kappa shape index (κ1) is 19.9. The van der Waals surface area contributed by atoms with Gasteiger partial charge in [-0.05, 0) is 25.1 Å². The summed E-state index contributed by atoms with van der Waals surface area (Å²) in [5.41, 5.74) is 2.40. The van der Waals surface area contributed by atoms with E-state index >= 15 is 0 Å². The summed E-state index contributed by atoms with van der Waals surface area (Å²) in [5, 5.41) is 6.54. The van der Waals surface area contributed by atoms with E-state index in [0.717, 1.165) is 5.56 Å². The number of fused-ring (bicyclic) bond motifs is 5. The summed E-state index contributed by atoms with van der Waals surface area (Å²) in [5.74, 6) is 0.473. The van der Waals surface area contributed by atoms with Crippen molar-refractivity contribution in [2.75, 3.05) is 18.0 Å². The maximum Gasteiger partial charge on any atom is 0.260 e. The summed E-state index contributed by atoms with van der Waals surface area (Å²) in [6.07, 6.45) is -0.0199. The fourth-order valence-corrected chi connectivity index (χ4v) is 4.26.